The van der Waals surface area contributed by atoms with E-state index in [2.05, 4.69) is 10.1 Å². The summed E-state index contributed by atoms with van der Waals surface area (Å²) in [7, 11) is 0. The third kappa shape index (κ3) is 12.0. The van der Waals surface area contributed by atoms with Crippen LogP contribution in [0.3, 0.4) is 0 Å². The van der Waals surface area contributed by atoms with Crippen LogP contribution in [-0.2, 0) is 30.0 Å². The van der Waals surface area contributed by atoms with E-state index >= 15 is 0 Å². The molecular weight excluding hydrogens is 988 g/mol. The largest absolute Gasteiger partial charge is 0.400 e. The number of ether oxygens (including phenoxy) is 1. The van der Waals surface area contributed by atoms with Crippen LogP contribution >= 0.6 is 46.4 Å². The number of anilines is 4. The number of benzene rings is 6. The van der Waals surface area contributed by atoms with Crippen molar-refractivity contribution in [3.63, 3.8) is 0 Å². The Labute approximate surface area is 415 Å². The number of nitrogens with one attached hydrogen (secondary N) is 1. The summed E-state index contributed by atoms with van der Waals surface area (Å²) < 4.78 is 90.0. The second-order valence-electron chi connectivity index (χ2n) is 16.7. The standard InChI is InChI=1S/C24H21Cl2F3N2O.C21H17Cl2F3N2.C6H10O3/c1-2-22(32)30-21-5-3-4-15-10-19(6-7-20(15)21)31-9-8-23(14-31,24(27,28)29)16-11-17(25)13-18(26)12-16;22-15-9-14(10-16(23)11-15)20(21(24,25)26)6-7-28(12-20)17-4-5-18-13(8-17)2-1-3-19(18)27;1-3-5(7)9-6(8)4-2/h3-7,10-13H,2,8-9,14H2,1H3,(H,30,32);1-5,8-11H,6-7,12,27H2;3-4H2,1-2H3. The minimum absolute atomic E-state index is 0.0673. The average molecular weight is 1040 g/mol. The minimum Gasteiger partial charge on any atom is -0.398 e. The Morgan fingerprint density at radius 2 is 1.01 bits per heavy atom. The highest BCUT2D eigenvalue weighted by Gasteiger charge is 2.60. The fraction of sp³-hybridized carbons (Fsp3) is 0.314. The molecule has 69 heavy (non-hydrogen) atoms. The fourth-order valence-corrected chi connectivity index (χ4v) is 9.61. The molecule has 0 bridgehead atoms. The van der Waals surface area contributed by atoms with E-state index in [1.165, 1.54) is 36.4 Å². The van der Waals surface area contributed by atoms with E-state index in [-0.39, 0.29) is 89.0 Å². The summed E-state index contributed by atoms with van der Waals surface area (Å²) in [4.78, 5) is 36.0. The summed E-state index contributed by atoms with van der Waals surface area (Å²) >= 11 is 24.0. The first-order valence-electron chi connectivity index (χ1n) is 21.9. The number of nitrogen functional groups attached to an aromatic ring is 1. The maximum atomic E-state index is 14.4. The number of nitrogens with two attached hydrogens (primary N) is 1. The van der Waals surface area contributed by atoms with Gasteiger partial charge in [-0.25, -0.2) is 0 Å². The van der Waals surface area contributed by atoms with Crippen molar-refractivity contribution in [1.82, 2.24) is 0 Å². The molecule has 1 amide bonds. The van der Waals surface area contributed by atoms with Crippen molar-refractivity contribution in [2.24, 2.45) is 0 Å². The Kier molecular flexibility index (Phi) is 16.7. The van der Waals surface area contributed by atoms with Crippen LogP contribution in [0.15, 0.2) is 109 Å². The Morgan fingerprint density at radius 3 is 1.43 bits per heavy atom. The molecule has 18 heteroatoms. The van der Waals surface area contributed by atoms with Crippen LogP contribution in [0.4, 0.5) is 49.1 Å². The van der Waals surface area contributed by atoms with Gasteiger partial charge in [0.1, 0.15) is 10.8 Å². The van der Waals surface area contributed by atoms with E-state index in [1.54, 1.807) is 42.7 Å². The third-order valence-corrected chi connectivity index (χ3v) is 13.2. The minimum atomic E-state index is -4.47. The quantitative estimate of drug-likeness (QED) is 0.0677. The maximum absolute atomic E-state index is 14.4. The van der Waals surface area contributed by atoms with Crippen LogP contribution in [-0.4, -0.2) is 56.4 Å². The van der Waals surface area contributed by atoms with Gasteiger partial charge in [-0.2, -0.15) is 26.3 Å². The van der Waals surface area contributed by atoms with Gasteiger partial charge in [0.25, 0.3) is 0 Å². The predicted molar refractivity (Wildman–Crippen MR) is 265 cm³/mol. The number of esters is 2. The van der Waals surface area contributed by atoms with Crippen molar-refractivity contribution < 1.29 is 45.5 Å². The summed E-state index contributed by atoms with van der Waals surface area (Å²) in [6.07, 6.45) is -8.20. The summed E-state index contributed by atoms with van der Waals surface area (Å²) in [6, 6.07) is 30.4. The van der Waals surface area contributed by atoms with E-state index in [0.717, 1.165) is 27.2 Å². The Hall–Kier alpha value is -5.41. The molecule has 0 radical (unpaired) electrons. The predicted octanol–water partition coefficient (Wildman–Crippen LogP) is 14.5. The van der Waals surface area contributed by atoms with Gasteiger partial charge in [-0.05, 0) is 108 Å². The normalized spacial score (nSPS) is 18.0. The highest BCUT2D eigenvalue weighted by Crippen LogP contribution is 2.51. The van der Waals surface area contributed by atoms with Crippen LogP contribution < -0.4 is 20.9 Å². The molecule has 8 nitrogen and oxygen atoms in total. The van der Waals surface area contributed by atoms with Crippen LogP contribution in [0.2, 0.25) is 20.1 Å². The number of halogens is 10. The maximum Gasteiger partial charge on any atom is 0.400 e. The van der Waals surface area contributed by atoms with Crippen molar-refractivity contribution in [2.45, 2.75) is 76.1 Å². The Morgan fingerprint density at radius 1 is 0.594 bits per heavy atom. The molecule has 3 N–H and O–H groups in total. The molecule has 0 spiro atoms. The highest BCUT2D eigenvalue weighted by molar-refractivity contribution is 6.35. The van der Waals surface area contributed by atoms with Crippen molar-refractivity contribution >= 4 is 109 Å². The van der Waals surface area contributed by atoms with Crippen molar-refractivity contribution in [2.75, 3.05) is 47.0 Å². The number of carbonyl (C=O) groups is 3. The molecule has 0 saturated carbocycles. The lowest BCUT2D eigenvalue weighted by Gasteiger charge is -2.33. The second kappa shape index (κ2) is 21.7. The number of hydrogen-bond acceptors (Lipinski definition) is 7. The van der Waals surface area contributed by atoms with Gasteiger partial charge in [0, 0.05) is 99.1 Å². The molecule has 2 atom stereocenters. The van der Waals surface area contributed by atoms with Gasteiger partial charge in [-0.1, -0.05) is 104 Å². The summed E-state index contributed by atoms with van der Waals surface area (Å²) in [5, 5.41) is 7.08. The monoisotopic (exact) mass is 1030 g/mol. The average Bonchev–Trinajstić information content (AvgIpc) is 3.97. The molecule has 2 heterocycles. The van der Waals surface area contributed by atoms with Crippen molar-refractivity contribution in [1.29, 1.82) is 0 Å². The first kappa shape index (κ1) is 53.0. The van der Waals surface area contributed by atoms with E-state index in [0.29, 0.717) is 23.5 Å². The second-order valence-corrected chi connectivity index (χ2v) is 18.5. The van der Waals surface area contributed by atoms with Crippen LogP contribution in [0.25, 0.3) is 21.5 Å². The van der Waals surface area contributed by atoms with Gasteiger partial charge >= 0.3 is 24.3 Å². The van der Waals surface area contributed by atoms with Crippen LogP contribution in [0, 0.1) is 0 Å². The lowest BCUT2D eigenvalue weighted by Crippen LogP contribution is -2.44. The topological polar surface area (TPSA) is 105 Å². The van der Waals surface area contributed by atoms with Gasteiger partial charge < -0.3 is 25.6 Å². The zero-order valence-electron chi connectivity index (χ0n) is 37.6. The van der Waals surface area contributed by atoms with Gasteiger partial charge in [-0.3, -0.25) is 14.4 Å². The van der Waals surface area contributed by atoms with Crippen LogP contribution in [0.5, 0.6) is 0 Å². The molecular formula is C51H48Cl4F6N4O4. The lowest BCUT2D eigenvalue weighted by atomic mass is 9.79. The molecule has 6 aromatic carbocycles. The number of alkyl halides is 6. The van der Waals surface area contributed by atoms with Gasteiger partial charge in [0.05, 0.1) is 0 Å². The number of rotatable bonds is 8. The zero-order chi connectivity index (χ0) is 50.5. The van der Waals surface area contributed by atoms with E-state index in [4.69, 9.17) is 52.1 Å². The molecule has 2 fully saturated rings. The molecule has 2 saturated heterocycles. The number of fused-ring (bicyclic) bond motifs is 2. The third-order valence-electron chi connectivity index (χ3n) is 12.3. The van der Waals surface area contributed by atoms with E-state index in [9.17, 15) is 40.7 Å². The molecule has 366 valence electrons. The van der Waals surface area contributed by atoms with Gasteiger partial charge in [0.2, 0.25) is 5.91 Å². The molecule has 0 aliphatic carbocycles. The number of amides is 1. The number of hydrogen-bond donors (Lipinski definition) is 2. The van der Waals surface area contributed by atoms with Crippen molar-refractivity contribution in [3.05, 3.63) is 140 Å². The summed E-state index contributed by atoms with van der Waals surface area (Å²) in [5.41, 5.74) is 4.82. The zero-order valence-corrected chi connectivity index (χ0v) is 40.7. The molecule has 2 unspecified atom stereocenters. The molecule has 2 aliphatic rings. The fourth-order valence-electron chi connectivity index (χ4n) is 8.56. The first-order valence-corrected chi connectivity index (χ1v) is 23.4. The van der Waals surface area contributed by atoms with E-state index in [1.807, 2.05) is 60.7 Å². The molecule has 2 aliphatic heterocycles. The SMILES string of the molecule is CCC(=O)Nc1cccc2cc(N3CCC(c4cc(Cl)cc(Cl)c4)(C(F)(F)F)C3)ccc12.CCC(=O)OC(=O)CC.Nc1cccc2cc(N3CCC(c4cc(Cl)cc(Cl)c4)(C(F)(F)F)C3)ccc12. The number of nitrogens with zero attached hydrogens (tertiary/aromatic N) is 2. The molecule has 6 aromatic rings. The van der Waals surface area contributed by atoms with Gasteiger partial charge in [-0.15, -0.1) is 0 Å². The van der Waals surface area contributed by atoms with Gasteiger partial charge in [0.15, 0.2) is 0 Å². The smallest absolute Gasteiger partial charge is 0.398 e. The Bertz CT molecular complexity index is 2810. The molecule has 8 rings (SSSR count). The summed E-state index contributed by atoms with van der Waals surface area (Å²) in [5.74, 6) is -1.01. The Balaban J connectivity index is 0.000000194. The van der Waals surface area contributed by atoms with Crippen LogP contribution in [0.1, 0.15) is 64.0 Å². The number of carbonyl (C=O) groups excluding carboxylic acids is 3. The van der Waals surface area contributed by atoms with E-state index < -0.39 is 35.1 Å². The lowest BCUT2D eigenvalue weighted by molar-refractivity contribution is -0.185. The first-order chi connectivity index (χ1) is 32.5. The summed E-state index contributed by atoms with van der Waals surface area (Å²) in [6.45, 7) is 5.15. The highest BCUT2D eigenvalue weighted by atomic mass is 35.5. The molecule has 0 aromatic heterocycles. The van der Waals surface area contributed by atoms with Crippen molar-refractivity contribution in [3.8, 4) is 0 Å².